The molecule has 0 saturated heterocycles. The number of anilines is 1. The minimum absolute atomic E-state index is 0.0566. The van der Waals surface area contributed by atoms with Gasteiger partial charge in [-0.3, -0.25) is 4.79 Å². The molecule has 0 aliphatic rings. The monoisotopic (exact) mass is 370 g/mol. The highest BCUT2D eigenvalue weighted by Gasteiger charge is 2.33. The molecule has 24 heavy (non-hydrogen) atoms. The molecule has 0 saturated carbocycles. The van der Waals surface area contributed by atoms with Crippen LogP contribution in [0.25, 0.3) is 0 Å². The highest BCUT2D eigenvalue weighted by Crippen LogP contribution is 2.36. The molecule has 8 heteroatoms. The molecule has 3 nitrogen and oxygen atoms in total. The van der Waals surface area contributed by atoms with Gasteiger partial charge >= 0.3 is 6.18 Å². The Labute approximate surface area is 145 Å². The molecule has 0 atom stereocenters. The molecular weight excluding hydrogens is 361 g/mol. The lowest BCUT2D eigenvalue weighted by Crippen LogP contribution is -2.14. The highest BCUT2D eigenvalue weighted by atomic mass is 35.5. The van der Waals surface area contributed by atoms with Crippen LogP contribution in [0.3, 0.4) is 0 Å². The van der Waals surface area contributed by atoms with Crippen molar-refractivity contribution in [2.45, 2.75) is 11.1 Å². The fourth-order valence-electron chi connectivity index (χ4n) is 1.79. The zero-order valence-electron chi connectivity index (χ0n) is 12.0. The van der Waals surface area contributed by atoms with Gasteiger partial charge in [-0.25, -0.2) is 0 Å². The SMILES string of the molecule is N#Cc1ccc(NC(=O)CSc2ccc(Cl)c(C(F)(F)F)c2)cc1. The standard InChI is InChI=1S/C16H10ClF3N2OS/c17-14-6-5-12(7-13(14)16(18,19)20)24-9-15(23)22-11-3-1-10(8-21)2-4-11/h1-7H,9H2,(H,22,23). The Balaban J connectivity index is 1.97. The van der Waals surface area contributed by atoms with E-state index in [0.717, 1.165) is 23.9 Å². The van der Waals surface area contributed by atoms with E-state index in [1.807, 2.05) is 6.07 Å². The van der Waals surface area contributed by atoms with Crippen molar-refractivity contribution in [3.05, 3.63) is 58.6 Å². The first kappa shape index (κ1) is 18.2. The molecule has 0 fully saturated rings. The van der Waals surface area contributed by atoms with Crippen molar-refractivity contribution in [1.82, 2.24) is 0 Å². The summed E-state index contributed by atoms with van der Waals surface area (Å²) in [5.74, 6) is -0.424. The maximum Gasteiger partial charge on any atom is 0.417 e. The normalized spacial score (nSPS) is 11.0. The Bertz CT molecular complexity index is 785. The van der Waals surface area contributed by atoms with Crippen LogP contribution in [0.4, 0.5) is 18.9 Å². The maximum atomic E-state index is 12.8. The Kier molecular flexibility index (Phi) is 5.75. The van der Waals surface area contributed by atoms with Crippen LogP contribution in [-0.4, -0.2) is 11.7 Å². The van der Waals surface area contributed by atoms with E-state index in [2.05, 4.69) is 5.32 Å². The summed E-state index contributed by atoms with van der Waals surface area (Å²) in [5.41, 5.74) is 0.0385. The summed E-state index contributed by atoms with van der Waals surface area (Å²) < 4.78 is 38.3. The summed E-state index contributed by atoms with van der Waals surface area (Å²) in [6.45, 7) is 0. The number of nitrogens with one attached hydrogen (secondary N) is 1. The number of carbonyl (C=O) groups is 1. The van der Waals surface area contributed by atoms with E-state index in [1.54, 1.807) is 24.3 Å². The number of amides is 1. The van der Waals surface area contributed by atoms with E-state index in [4.69, 9.17) is 16.9 Å². The van der Waals surface area contributed by atoms with Crippen molar-refractivity contribution in [2.75, 3.05) is 11.1 Å². The summed E-state index contributed by atoms with van der Waals surface area (Å²) in [6.07, 6.45) is -4.54. The average Bonchev–Trinajstić information content (AvgIpc) is 2.53. The largest absolute Gasteiger partial charge is 0.417 e. The Morgan fingerprint density at radius 2 is 1.88 bits per heavy atom. The van der Waals surface area contributed by atoms with Gasteiger partial charge in [0.1, 0.15) is 0 Å². The zero-order valence-corrected chi connectivity index (χ0v) is 13.6. The van der Waals surface area contributed by atoms with Crippen LogP contribution in [0, 0.1) is 11.3 Å². The lowest BCUT2D eigenvalue weighted by molar-refractivity contribution is -0.137. The third-order valence-corrected chi connectivity index (χ3v) is 4.23. The molecular formula is C16H10ClF3N2OS. The second-order valence-corrected chi connectivity index (χ2v) is 6.12. The maximum absolute atomic E-state index is 12.8. The highest BCUT2D eigenvalue weighted by molar-refractivity contribution is 8.00. The number of hydrogen-bond acceptors (Lipinski definition) is 3. The van der Waals surface area contributed by atoms with E-state index in [-0.39, 0.29) is 16.7 Å². The first-order valence-electron chi connectivity index (χ1n) is 6.59. The smallest absolute Gasteiger partial charge is 0.325 e. The van der Waals surface area contributed by atoms with Gasteiger partial charge in [0.15, 0.2) is 0 Å². The molecule has 1 amide bonds. The molecule has 0 aliphatic carbocycles. The second kappa shape index (κ2) is 7.60. The first-order valence-corrected chi connectivity index (χ1v) is 7.95. The fourth-order valence-corrected chi connectivity index (χ4v) is 2.75. The topological polar surface area (TPSA) is 52.9 Å². The fraction of sp³-hybridized carbons (Fsp3) is 0.125. The average molecular weight is 371 g/mol. The molecule has 0 aromatic heterocycles. The molecule has 0 aliphatic heterocycles. The van der Waals surface area contributed by atoms with Gasteiger partial charge in [0.05, 0.1) is 28.0 Å². The van der Waals surface area contributed by atoms with Gasteiger partial charge in [-0.05, 0) is 42.5 Å². The Hall–Kier alpha value is -2.17. The summed E-state index contributed by atoms with van der Waals surface area (Å²) >= 11 is 6.52. The minimum Gasteiger partial charge on any atom is -0.325 e. The number of carbonyl (C=O) groups excluding carboxylic acids is 1. The summed E-state index contributed by atoms with van der Waals surface area (Å²) in [6, 6.07) is 11.7. The van der Waals surface area contributed by atoms with Gasteiger partial charge in [-0.1, -0.05) is 11.6 Å². The third kappa shape index (κ3) is 4.91. The summed E-state index contributed by atoms with van der Waals surface area (Å²) in [7, 11) is 0. The van der Waals surface area contributed by atoms with Crippen LogP contribution in [0.1, 0.15) is 11.1 Å². The number of benzene rings is 2. The summed E-state index contributed by atoms with van der Waals surface area (Å²) in [4.78, 5) is 12.1. The van der Waals surface area contributed by atoms with E-state index >= 15 is 0 Å². The molecule has 0 spiro atoms. The quantitative estimate of drug-likeness (QED) is 0.774. The molecule has 0 heterocycles. The molecule has 0 bridgehead atoms. The second-order valence-electron chi connectivity index (χ2n) is 4.67. The van der Waals surface area contributed by atoms with E-state index in [1.165, 1.54) is 6.07 Å². The van der Waals surface area contributed by atoms with Crippen molar-refractivity contribution >= 4 is 35.0 Å². The van der Waals surface area contributed by atoms with Crippen LogP contribution in [0.5, 0.6) is 0 Å². The van der Waals surface area contributed by atoms with Crippen LogP contribution in [0.2, 0.25) is 5.02 Å². The number of nitrogens with zero attached hydrogens (tertiary/aromatic N) is 1. The summed E-state index contributed by atoms with van der Waals surface area (Å²) in [5, 5.41) is 10.9. The predicted molar refractivity (Wildman–Crippen MR) is 87.0 cm³/mol. The first-order chi connectivity index (χ1) is 11.3. The number of thioether (sulfide) groups is 1. The number of halogens is 4. The lowest BCUT2D eigenvalue weighted by Gasteiger charge is -2.11. The van der Waals surface area contributed by atoms with Gasteiger partial charge in [0, 0.05) is 10.6 Å². The van der Waals surface area contributed by atoms with Gasteiger partial charge in [0.25, 0.3) is 0 Å². The van der Waals surface area contributed by atoms with Crippen LogP contribution in [-0.2, 0) is 11.0 Å². The Morgan fingerprint density at radius 3 is 2.46 bits per heavy atom. The van der Waals surface area contributed by atoms with Crippen molar-refractivity contribution in [2.24, 2.45) is 0 Å². The van der Waals surface area contributed by atoms with Crippen molar-refractivity contribution < 1.29 is 18.0 Å². The van der Waals surface area contributed by atoms with Gasteiger partial charge < -0.3 is 5.32 Å². The zero-order chi connectivity index (χ0) is 17.7. The van der Waals surface area contributed by atoms with E-state index < -0.39 is 11.7 Å². The number of hydrogen-bond donors (Lipinski definition) is 1. The van der Waals surface area contributed by atoms with Gasteiger partial charge in [-0.15, -0.1) is 11.8 Å². The molecule has 2 rings (SSSR count). The number of rotatable bonds is 4. The molecule has 0 radical (unpaired) electrons. The lowest BCUT2D eigenvalue weighted by atomic mass is 10.2. The van der Waals surface area contributed by atoms with Crippen LogP contribution in [0.15, 0.2) is 47.4 Å². The molecule has 124 valence electrons. The number of nitriles is 1. The Morgan fingerprint density at radius 1 is 1.21 bits per heavy atom. The van der Waals surface area contributed by atoms with Crippen molar-refractivity contribution in [1.29, 1.82) is 5.26 Å². The number of alkyl halides is 3. The van der Waals surface area contributed by atoms with Gasteiger partial charge in [0.2, 0.25) is 5.91 Å². The predicted octanol–water partition coefficient (Wildman–Crippen LogP) is 4.96. The van der Waals surface area contributed by atoms with Crippen LogP contribution >= 0.6 is 23.4 Å². The third-order valence-electron chi connectivity index (χ3n) is 2.91. The molecule has 2 aromatic carbocycles. The molecule has 0 unspecified atom stereocenters. The van der Waals surface area contributed by atoms with E-state index in [9.17, 15) is 18.0 Å². The van der Waals surface area contributed by atoms with E-state index in [0.29, 0.717) is 16.1 Å². The van der Waals surface area contributed by atoms with Gasteiger partial charge in [-0.2, -0.15) is 18.4 Å². The molecule has 2 aromatic rings. The minimum atomic E-state index is -4.54. The molecule has 1 N–H and O–H groups in total. The van der Waals surface area contributed by atoms with Crippen LogP contribution < -0.4 is 5.32 Å². The van der Waals surface area contributed by atoms with Crippen molar-refractivity contribution in [3.63, 3.8) is 0 Å². The van der Waals surface area contributed by atoms with Crippen molar-refractivity contribution in [3.8, 4) is 6.07 Å².